The van der Waals surface area contributed by atoms with Gasteiger partial charge in [0.1, 0.15) is 0 Å². The lowest BCUT2D eigenvalue weighted by molar-refractivity contribution is 0.174. The van der Waals surface area contributed by atoms with Gasteiger partial charge in [-0.3, -0.25) is 9.89 Å². The molecule has 0 atom stereocenters. The van der Waals surface area contributed by atoms with Crippen LogP contribution in [0.15, 0.2) is 34.8 Å². The van der Waals surface area contributed by atoms with Gasteiger partial charge in [-0.2, -0.15) is 0 Å². The van der Waals surface area contributed by atoms with Crippen LogP contribution in [0, 0.1) is 20.8 Å². The Balaban J connectivity index is 1.97. The lowest BCUT2D eigenvalue weighted by Gasteiger charge is -2.35. The summed E-state index contributed by atoms with van der Waals surface area (Å²) in [5.74, 6) is 0.798. The van der Waals surface area contributed by atoms with Crippen molar-refractivity contribution in [3.05, 3.63) is 47.0 Å². The quantitative estimate of drug-likeness (QED) is 0.635. The molecule has 23 heavy (non-hydrogen) atoms. The Bertz CT molecular complexity index is 608. The molecule has 1 aliphatic heterocycles. The predicted octanol–water partition coefficient (Wildman–Crippen LogP) is 2.97. The van der Waals surface area contributed by atoms with Gasteiger partial charge in [0.2, 0.25) is 5.96 Å². The Morgan fingerprint density at radius 1 is 1.17 bits per heavy atom. The molecule has 1 aliphatic rings. The lowest BCUT2D eigenvalue weighted by Crippen LogP contribution is -2.48. The van der Waals surface area contributed by atoms with E-state index in [1.807, 2.05) is 0 Å². The fourth-order valence-electron chi connectivity index (χ4n) is 3.04. The number of allylic oxidation sites excluding steroid dienone is 1. The van der Waals surface area contributed by atoms with E-state index in [4.69, 9.17) is 0 Å². The zero-order valence-electron chi connectivity index (χ0n) is 14.8. The van der Waals surface area contributed by atoms with Crippen molar-refractivity contribution in [1.82, 2.24) is 9.80 Å². The van der Waals surface area contributed by atoms with E-state index in [0.29, 0.717) is 0 Å². The molecule has 0 aromatic heterocycles. The van der Waals surface area contributed by atoms with E-state index < -0.39 is 0 Å². The van der Waals surface area contributed by atoms with Crippen molar-refractivity contribution < 1.29 is 0 Å². The molecule has 4 heteroatoms. The average Bonchev–Trinajstić information content (AvgIpc) is 2.54. The second-order valence-corrected chi connectivity index (χ2v) is 6.17. The first-order chi connectivity index (χ1) is 11.0. The summed E-state index contributed by atoms with van der Waals surface area (Å²) in [4.78, 5) is 13.4. The molecule has 2 rings (SSSR count). The molecule has 0 unspecified atom stereocenters. The summed E-state index contributed by atoms with van der Waals surface area (Å²) in [6, 6.07) is 4.58. The molecule has 0 radical (unpaired) electrons. The normalized spacial score (nSPS) is 17.0. The fraction of sp³-hybridized carbons (Fsp3) is 0.474. The number of hydrogen-bond acceptors (Lipinski definition) is 2. The number of guanidine groups is 1. The van der Waals surface area contributed by atoms with E-state index in [2.05, 4.69) is 59.3 Å². The lowest BCUT2D eigenvalue weighted by atomic mass is 9.99. The Labute approximate surface area is 140 Å². The second kappa shape index (κ2) is 8.06. The zero-order chi connectivity index (χ0) is 16.8. The molecule has 1 aromatic rings. The monoisotopic (exact) mass is 312 g/mol. The number of hydrogen-bond donors (Lipinski definition) is 0. The number of piperazine rings is 1. The second-order valence-electron chi connectivity index (χ2n) is 6.17. The van der Waals surface area contributed by atoms with Crippen molar-refractivity contribution in [3.8, 4) is 0 Å². The van der Waals surface area contributed by atoms with Crippen molar-refractivity contribution in [2.24, 2.45) is 9.98 Å². The molecule has 1 heterocycles. The van der Waals surface area contributed by atoms with Crippen LogP contribution in [-0.2, 0) is 6.54 Å². The van der Waals surface area contributed by atoms with E-state index >= 15 is 0 Å². The van der Waals surface area contributed by atoms with Crippen LogP contribution in [0.1, 0.15) is 22.3 Å². The van der Waals surface area contributed by atoms with Gasteiger partial charge in [-0.1, -0.05) is 30.4 Å². The van der Waals surface area contributed by atoms with Crippen molar-refractivity contribution in [2.45, 2.75) is 27.3 Å². The van der Waals surface area contributed by atoms with Crippen LogP contribution in [-0.4, -0.2) is 55.2 Å². The summed E-state index contributed by atoms with van der Waals surface area (Å²) >= 11 is 0. The van der Waals surface area contributed by atoms with E-state index in [-0.39, 0.29) is 0 Å². The third kappa shape index (κ3) is 4.52. The van der Waals surface area contributed by atoms with Gasteiger partial charge in [-0.25, -0.2) is 4.99 Å². The third-order valence-electron chi connectivity index (χ3n) is 4.46. The standard InChI is InChI=1S/C19H28N4/c1-6-7-21-19(20-5)23-10-8-22(9-11-23)14-18-13-15(2)12-16(3)17(18)4/h6-7,12-13H,1,8-11,14H2,2-5H3/b20-19?,21-7-. The van der Waals surface area contributed by atoms with Crippen LogP contribution < -0.4 is 0 Å². The smallest absolute Gasteiger partial charge is 0.220 e. The highest BCUT2D eigenvalue weighted by Gasteiger charge is 2.19. The molecule has 0 N–H and O–H groups in total. The Kier molecular flexibility index (Phi) is 6.11. The molecular weight excluding hydrogens is 284 g/mol. The molecule has 4 nitrogen and oxygen atoms in total. The molecule has 124 valence electrons. The maximum Gasteiger partial charge on any atom is 0.220 e. The van der Waals surface area contributed by atoms with E-state index in [9.17, 15) is 0 Å². The minimum absolute atomic E-state index is 0.798. The van der Waals surface area contributed by atoms with Crippen LogP contribution in [0.25, 0.3) is 0 Å². The summed E-state index contributed by atoms with van der Waals surface area (Å²) in [6.45, 7) is 15.3. The van der Waals surface area contributed by atoms with Crippen molar-refractivity contribution in [1.29, 1.82) is 0 Å². The first kappa shape index (κ1) is 17.4. The molecule has 0 aliphatic carbocycles. The summed E-state index contributed by atoms with van der Waals surface area (Å²) < 4.78 is 0. The molecule has 1 fully saturated rings. The SMILES string of the molecule is C=C/C=N\C(=NC)N1CCN(Cc2cc(C)cc(C)c2C)CC1. The highest BCUT2D eigenvalue weighted by molar-refractivity contribution is 5.90. The van der Waals surface area contributed by atoms with Gasteiger partial charge in [-0.15, -0.1) is 0 Å². The Morgan fingerprint density at radius 3 is 2.48 bits per heavy atom. The minimum atomic E-state index is 0.798. The highest BCUT2D eigenvalue weighted by Crippen LogP contribution is 2.18. The molecule has 0 saturated carbocycles. The summed E-state index contributed by atoms with van der Waals surface area (Å²) in [7, 11) is 1.79. The molecule has 1 aromatic carbocycles. The van der Waals surface area contributed by atoms with Crippen LogP contribution in [0.5, 0.6) is 0 Å². The summed E-state index contributed by atoms with van der Waals surface area (Å²) in [6.07, 6.45) is 3.39. The van der Waals surface area contributed by atoms with Crippen molar-refractivity contribution in [3.63, 3.8) is 0 Å². The maximum atomic E-state index is 4.35. The summed E-state index contributed by atoms with van der Waals surface area (Å²) in [5, 5.41) is 0. The number of aliphatic imine (C=N–C) groups is 2. The summed E-state index contributed by atoms with van der Waals surface area (Å²) in [5.41, 5.74) is 5.60. The number of aryl methyl sites for hydroxylation is 2. The van der Waals surface area contributed by atoms with E-state index in [1.54, 1.807) is 19.3 Å². The van der Waals surface area contributed by atoms with Gasteiger partial charge in [0.25, 0.3) is 0 Å². The van der Waals surface area contributed by atoms with Crippen molar-refractivity contribution >= 4 is 12.2 Å². The zero-order valence-corrected chi connectivity index (χ0v) is 14.8. The van der Waals surface area contributed by atoms with Gasteiger partial charge in [0, 0.05) is 46.0 Å². The molecule has 0 amide bonds. The number of rotatable bonds is 3. The van der Waals surface area contributed by atoms with Crippen LogP contribution in [0.4, 0.5) is 0 Å². The minimum Gasteiger partial charge on any atom is -0.339 e. The molecular formula is C19H28N4. The van der Waals surface area contributed by atoms with E-state index in [0.717, 1.165) is 38.7 Å². The van der Waals surface area contributed by atoms with Gasteiger partial charge in [0.15, 0.2) is 0 Å². The van der Waals surface area contributed by atoms with Gasteiger partial charge in [-0.05, 0) is 37.5 Å². The van der Waals surface area contributed by atoms with Crippen molar-refractivity contribution in [2.75, 3.05) is 33.2 Å². The van der Waals surface area contributed by atoms with Gasteiger partial charge in [0.05, 0.1) is 0 Å². The molecule has 0 bridgehead atoms. The highest BCUT2D eigenvalue weighted by atomic mass is 15.3. The number of benzene rings is 1. The van der Waals surface area contributed by atoms with Crippen LogP contribution >= 0.6 is 0 Å². The third-order valence-corrected chi connectivity index (χ3v) is 4.46. The number of nitrogens with zero attached hydrogens (tertiary/aromatic N) is 4. The Morgan fingerprint density at radius 2 is 1.87 bits per heavy atom. The Hall–Kier alpha value is -1.94. The van der Waals surface area contributed by atoms with Crippen LogP contribution in [0.2, 0.25) is 0 Å². The first-order valence-electron chi connectivity index (χ1n) is 8.21. The maximum absolute atomic E-state index is 4.35. The topological polar surface area (TPSA) is 31.2 Å². The first-order valence-corrected chi connectivity index (χ1v) is 8.21. The van der Waals surface area contributed by atoms with Gasteiger partial charge < -0.3 is 4.90 Å². The average molecular weight is 312 g/mol. The fourth-order valence-corrected chi connectivity index (χ4v) is 3.04. The molecule has 0 spiro atoms. The van der Waals surface area contributed by atoms with Gasteiger partial charge >= 0.3 is 0 Å². The van der Waals surface area contributed by atoms with Crippen LogP contribution in [0.3, 0.4) is 0 Å². The predicted molar refractivity (Wildman–Crippen MR) is 99.6 cm³/mol. The largest absolute Gasteiger partial charge is 0.339 e. The van der Waals surface area contributed by atoms with E-state index in [1.165, 1.54) is 22.3 Å². The molecule has 1 saturated heterocycles.